The molecule has 0 radical (unpaired) electrons. The molecule has 2 N–H and O–H groups in total. The molecule has 2 aromatic rings. The number of H-pyrrole nitrogens is 1. The van der Waals surface area contributed by atoms with Crippen molar-refractivity contribution in [2.75, 3.05) is 0 Å². The molecule has 1 aliphatic carbocycles. The maximum absolute atomic E-state index is 12.3. The van der Waals surface area contributed by atoms with E-state index >= 15 is 0 Å². The van der Waals surface area contributed by atoms with E-state index < -0.39 is 0 Å². The molecular formula is C17H18N2O2. The van der Waals surface area contributed by atoms with Gasteiger partial charge in [-0.1, -0.05) is 24.3 Å². The van der Waals surface area contributed by atoms with Crippen molar-refractivity contribution in [3.05, 3.63) is 58.9 Å². The lowest BCUT2D eigenvalue weighted by Gasteiger charge is -2.26. The Hall–Kier alpha value is -2.36. The standard InChI is InChI=1S/C17H18N2O2/c1-11(20)13-9-16(18-10-13)17(21)19-15-8-4-6-12-5-2-3-7-14(12)15/h2-3,5,7,9-10,15,18H,4,6,8H2,1H3,(H,19,21)/t15-/m1/s1. The van der Waals surface area contributed by atoms with Crippen LogP contribution >= 0.6 is 0 Å². The Balaban J connectivity index is 1.77. The SMILES string of the molecule is CC(=O)c1c[nH]c(C(=O)N[C@@H]2CCCc3ccccc32)c1. The van der Waals surface area contributed by atoms with E-state index in [2.05, 4.69) is 22.4 Å². The predicted octanol–water partition coefficient (Wildman–Crippen LogP) is 3.02. The molecule has 1 aromatic carbocycles. The number of Topliss-reactive ketones (excluding diaryl/α,β-unsaturated/α-hetero) is 1. The zero-order chi connectivity index (χ0) is 14.8. The smallest absolute Gasteiger partial charge is 0.268 e. The number of ketones is 1. The first-order valence-electron chi connectivity index (χ1n) is 7.23. The number of hydrogen-bond acceptors (Lipinski definition) is 2. The van der Waals surface area contributed by atoms with Crippen molar-refractivity contribution in [2.24, 2.45) is 0 Å². The van der Waals surface area contributed by atoms with Gasteiger partial charge in [0.2, 0.25) is 0 Å². The van der Waals surface area contributed by atoms with Crippen LogP contribution in [0.1, 0.15) is 57.8 Å². The number of carbonyl (C=O) groups excluding carboxylic acids is 2. The molecular weight excluding hydrogens is 264 g/mol. The summed E-state index contributed by atoms with van der Waals surface area (Å²) in [5.74, 6) is -0.211. The average Bonchev–Trinajstić information content (AvgIpc) is 2.98. The Bertz CT molecular complexity index is 688. The average molecular weight is 282 g/mol. The first-order valence-corrected chi connectivity index (χ1v) is 7.23. The second kappa shape index (κ2) is 5.56. The van der Waals surface area contributed by atoms with Gasteiger partial charge in [-0.25, -0.2) is 0 Å². The van der Waals surface area contributed by atoms with Crippen LogP contribution in [0.15, 0.2) is 36.5 Å². The van der Waals surface area contributed by atoms with Gasteiger partial charge in [-0.05, 0) is 43.4 Å². The fourth-order valence-electron chi connectivity index (χ4n) is 2.87. The maximum atomic E-state index is 12.3. The van der Waals surface area contributed by atoms with Crippen molar-refractivity contribution in [1.82, 2.24) is 10.3 Å². The molecule has 0 bridgehead atoms. The van der Waals surface area contributed by atoms with E-state index in [9.17, 15) is 9.59 Å². The summed E-state index contributed by atoms with van der Waals surface area (Å²) in [5, 5.41) is 3.06. The Morgan fingerprint density at radius 2 is 2.10 bits per heavy atom. The summed E-state index contributed by atoms with van der Waals surface area (Å²) < 4.78 is 0. The minimum absolute atomic E-state index is 0.0477. The van der Waals surface area contributed by atoms with Gasteiger partial charge in [-0.2, -0.15) is 0 Å². The highest BCUT2D eigenvalue weighted by atomic mass is 16.2. The number of rotatable bonds is 3. The number of nitrogens with one attached hydrogen (secondary N) is 2. The highest BCUT2D eigenvalue weighted by Gasteiger charge is 2.22. The van der Waals surface area contributed by atoms with Gasteiger partial charge in [0.25, 0.3) is 5.91 Å². The molecule has 0 fully saturated rings. The minimum atomic E-state index is -0.163. The van der Waals surface area contributed by atoms with Crippen molar-refractivity contribution < 1.29 is 9.59 Å². The van der Waals surface area contributed by atoms with E-state index in [1.54, 1.807) is 12.3 Å². The fraction of sp³-hybridized carbons (Fsp3) is 0.294. The van der Waals surface area contributed by atoms with Crippen LogP contribution in [-0.2, 0) is 6.42 Å². The van der Waals surface area contributed by atoms with E-state index in [4.69, 9.17) is 0 Å². The zero-order valence-electron chi connectivity index (χ0n) is 12.0. The number of aromatic nitrogens is 1. The van der Waals surface area contributed by atoms with Crippen LogP contribution in [0, 0.1) is 0 Å². The minimum Gasteiger partial charge on any atom is -0.356 e. The van der Waals surface area contributed by atoms with Crippen molar-refractivity contribution in [3.63, 3.8) is 0 Å². The van der Waals surface area contributed by atoms with Crippen molar-refractivity contribution in [1.29, 1.82) is 0 Å². The quantitative estimate of drug-likeness (QED) is 0.850. The van der Waals surface area contributed by atoms with Gasteiger partial charge in [0.1, 0.15) is 5.69 Å². The van der Waals surface area contributed by atoms with Crippen LogP contribution < -0.4 is 5.32 Å². The lowest BCUT2D eigenvalue weighted by atomic mass is 9.87. The van der Waals surface area contributed by atoms with Crippen LogP contribution in [0.3, 0.4) is 0 Å². The zero-order valence-corrected chi connectivity index (χ0v) is 12.0. The summed E-state index contributed by atoms with van der Waals surface area (Å²) in [7, 11) is 0. The molecule has 0 spiro atoms. The van der Waals surface area contributed by atoms with Crippen LogP contribution in [0.25, 0.3) is 0 Å². The van der Waals surface area contributed by atoms with Gasteiger partial charge in [-0.15, -0.1) is 0 Å². The van der Waals surface area contributed by atoms with E-state index in [1.165, 1.54) is 18.1 Å². The molecule has 1 heterocycles. The summed E-state index contributed by atoms with van der Waals surface area (Å²) in [6, 6.07) is 9.89. The molecule has 1 aromatic heterocycles. The molecule has 4 heteroatoms. The summed E-state index contributed by atoms with van der Waals surface area (Å²) in [4.78, 5) is 26.5. The van der Waals surface area contributed by atoms with Crippen molar-refractivity contribution >= 4 is 11.7 Å². The first-order chi connectivity index (χ1) is 10.1. The maximum Gasteiger partial charge on any atom is 0.268 e. The second-order valence-electron chi connectivity index (χ2n) is 5.48. The summed E-state index contributed by atoms with van der Waals surface area (Å²) in [6.07, 6.45) is 4.67. The second-order valence-corrected chi connectivity index (χ2v) is 5.48. The van der Waals surface area contributed by atoms with Gasteiger partial charge in [0.05, 0.1) is 6.04 Å². The van der Waals surface area contributed by atoms with Gasteiger partial charge in [0, 0.05) is 11.8 Å². The van der Waals surface area contributed by atoms with Gasteiger partial charge >= 0.3 is 0 Å². The van der Waals surface area contributed by atoms with Crippen LogP contribution in [0.2, 0.25) is 0 Å². The van der Waals surface area contributed by atoms with E-state index in [0.29, 0.717) is 11.3 Å². The number of benzene rings is 1. The molecule has 0 saturated heterocycles. The number of aromatic amines is 1. The van der Waals surface area contributed by atoms with Gasteiger partial charge in [-0.3, -0.25) is 9.59 Å². The van der Waals surface area contributed by atoms with Crippen molar-refractivity contribution in [3.8, 4) is 0 Å². The number of hydrogen-bond donors (Lipinski definition) is 2. The molecule has 0 aliphatic heterocycles. The Kier molecular flexibility index (Phi) is 3.60. The molecule has 1 aliphatic rings. The molecule has 21 heavy (non-hydrogen) atoms. The number of amides is 1. The third-order valence-corrected chi connectivity index (χ3v) is 4.01. The topological polar surface area (TPSA) is 62.0 Å². The molecule has 0 saturated carbocycles. The Morgan fingerprint density at radius 3 is 2.86 bits per heavy atom. The summed E-state index contributed by atoms with van der Waals surface area (Å²) in [5.41, 5.74) is 3.48. The van der Waals surface area contributed by atoms with Crippen LogP contribution in [0.5, 0.6) is 0 Å². The predicted molar refractivity (Wildman–Crippen MR) is 80.4 cm³/mol. The van der Waals surface area contributed by atoms with E-state index in [-0.39, 0.29) is 17.7 Å². The molecule has 108 valence electrons. The van der Waals surface area contributed by atoms with Gasteiger partial charge in [0.15, 0.2) is 5.78 Å². The molecule has 3 rings (SSSR count). The number of fused-ring (bicyclic) bond motifs is 1. The monoisotopic (exact) mass is 282 g/mol. The van der Waals surface area contributed by atoms with Crippen molar-refractivity contribution in [2.45, 2.75) is 32.2 Å². The molecule has 4 nitrogen and oxygen atoms in total. The highest BCUT2D eigenvalue weighted by molar-refractivity contribution is 5.99. The highest BCUT2D eigenvalue weighted by Crippen LogP contribution is 2.29. The summed E-state index contributed by atoms with van der Waals surface area (Å²) >= 11 is 0. The molecule has 0 unspecified atom stereocenters. The summed E-state index contributed by atoms with van der Waals surface area (Å²) in [6.45, 7) is 1.49. The lowest BCUT2D eigenvalue weighted by molar-refractivity contribution is 0.0928. The number of carbonyl (C=O) groups is 2. The number of aryl methyl sites for hydroxylation is 1. The molecule has 1 atom stereocenters. The Labute approximate surface area is 123 Å². The first kappa shape index (κ1) is 13.6. The largest absolute Gasteiger partial charge is 0.356 e. The third kappa shape index (κ3) is 2.75. The Morgan fingerprint density at radius 1 is 1.29 bits per heavy atom. The van der Waals surface area contributed by atoms with Gasteiger partial charge < -0.3 is 10.3 Å². The molecule has 1 amide bonds. The third-order valence-electron chi connectivity index (χ3n) is 4.01. The van der Waals surface area contributed by atoms with E-state index in [0.717, 1.165) is 19.3 Å². The lowest BCUT2D eigenvalue weighted by Crippen LogP contribution is -2.31. The van der Waals surface area contributed by atoms with Crippen LogP contribution in [0.4, 0.5) is 0 Å². The van der Waals surface area contributed by atoms with E-state index in [1.807, 2.05) is 12.1 Å². The normalized spacial score (nSPS) is 17.1. The van der Waals surface area contributed by atoms with Crippen LogP contribution in [-0.4, -0.2) is 16.7 Å². The fourth-order valence-corrected chi connectivity index (χ4v) is 2.87.